The summed E-state index contributed by atoms with van der Waals surface area (Å²) in [5, 5.41) is 3.43. The van der Waals surface area contributed by atoms with Crippen molar-refractivity contribution in [2.45, 2.75) is 20.0 Å². The van der Waals surface area contributed by atoms with Crippen molar-refractivity contribution in [3.8, 4) is 5.75 Å². The van der Waals surface area contributed by atoms with E-state index in [0.717, 1.165) is 18.8 Å². The number of ether oxygens (including phenoxy) is 1. The molecule has 1 N–H and O–H groups in total. The zero-order valence-electron chi connectivity index (χ0n) is 10.9. The SMILES string of the molecule is COc1cc(CNCc2ccccc2)ccc1C. The van der Waals surface area contributed by atoms with Crippen LogP contribution in [0, 0.1) is 6.92 Å². The van der Waals surface area contributed by atoms with Crippen LogP contribution in [-0.2, 0) is 13.1 Å². The zero-order chi connectivity index (χ0) is 12.8. The van der Waals surface area contributed by atoms with Crippen molar-refractivity contribution in [3.05, 3.63) is 65.2 Å². The van der Waals surface area contributed by atoms with E-state index in [-0.39, 0.29) is 0 Å². The highest BCUT2D eigenvalue weighted by Crippen LogP contribution is 2.18. The second kappa shape index (κ2) is 6.22. The Bertz CT molecular complexity index is 494. The second-order valence-electron chi connectivity index (χ2n) is 4.39. The van der Waals surface area contributed by atoms with Crippen molar-refractivity contribution >= 4 is 0 Å². The molecule has 0 atom stereocenters. The normalized spacial score (nSPS) is 10.3. The highest BCUT2D eigenvalue weighted by Gasteiger charge is 2.00. The maximum absolute atomic E-state index is 5.32. The van der Waals surface area contributed by atoms with Crippen LogP contribution < -0.4 is 10.1 Å². The van der Waals surface area contributed by atoms with Crippen LogP contribution in [0.25, 0.3) is 0 Å². The molecule has 0 bridgehead atoms. The molecular weight excluding hydrogens is 222 g/mol. The molecule has 0 aliphatic rings. The van der Waals surface area contributed by atoms with Crippen LogP contribution in [0.4, 0.5) is 0 Å². The van der Waals surface area contributed by atoms with Gasteiger partial charge in [-0.05, 0) is 29.7 Å². The molecule has 0 aromatic heterocycles. The summed E-state index contributed by atoms with van der Waals surface area (Å²) in [6, 6.07) is 16.7. The summed E-state index contributed by atoms with van der Waals surface area (Å²) in [5.41, 5.74) is 3.72. The molecule has 2 aromatic carbocycles. The first kappa shape index (κ1) is 12.7. The summed E-state index contributed by atoms with van der Waals surface area (Å²) in [6.07, 6.45) is 0. The molecule has 0 aliphatic carbocycles. The van der Waals surface area contributed by atoms with Crippen LogP contribution >= 0.6 is 0 Å². The molecule has 2 nitrogen and oxygen atoms in total. The van der Waals surface area contributed by atoms with E-state index in [1.807, 2.05) is 6.07 Å². The number of hydrogen-bond acceptors (Lipinski definition) is 2. The smallest absolute Gasteiger partial charge is 0.122 e. The monoisotopic (exact) mass is 241 g/mol. The summed E-state index contributed by atoms with van der Waals surface area (Å²) < 4.78 is 5.32. The Labute approximate surface area is 109 Å². The maximum Gasteiger partial charge on any atom is 0.122 e. The lowest BCUT2D eigenvalue weighted by Gasteiger charge is -2.09. The quantitative estimate of drug-likeness (QED) is 0.867. The van der Waals surface area contributed by atoms with Gasteiger partial charge in [-0.3, -0.25) is 0 Å². The molecule has 18 heavy (non-hydrogen) atoms. The van der Waals surface area contributed by atoms with Crippen LogP contribution in [0.15, 0.2) is 48.5 Å². The van der Waals surface area contributed by atoms with Gasteiger partial charge in [0.25, 0.3) is 0 Å². The van der Waals surface area contributed by atoms with Crippen molar-refractivity contribution in [1.82, 2.24) is 5.32 Å². The highest BCUT2D eigenvalue weighted by atomic mass is 16.5. The standard InChI is InChI=1S/C16H19NO/c1-13-8-9-15(10-16(13)18-2)12-17-11-14-6-4-3-5-7-14/h3-10,17H,11-12H2,1-2H3. The molecule has 0 aliphatic heterocycles. The van der Waals surface area contributed by atoms with Crippen molar-refractivity contribution in [2.24, 2.45) is 0 Å². The van der Waals surface area contributed by atoms with Gasteiger partial charge in [0.05, 0.1) is 7.11 Å². The summed E-state index contributed by atoms with van der Waals surface area (Å²) in [6.45, 7) is 3.79. The molecule has 0 saturated carbocycles. The average Bonchev–Trinajstić information content (AvgIpc) is 2.42. The zero-order valence-corrected chi connectivity index (χ0v) is 10.9. The highest BCUT2D eigenvalue weighted by molar-refractivity contribution is 5.36. The van der Waals surface area contributed by atoms with E-state index >= 15 is 0 Å². The third-order valence-electron chi connectivity index (χ3n) is 2.97. The van der Waals surface area contributed by atoms with Gasteiger partial charge in [-0.1, -0.05) is 42.5 Å². The number of hydrogen-bond donors (Lipinski definition) is 1. The predicted octanol–water partition coefficient (Wildman–Crippen LogP) is 3.29. The first-order valence-electron chi connectivity index (χ1n) is 6.18. The van der Waals surface area contributed by atoms with Gasteiger partial charge in [-0.25, -0.2) is 0 Å². The lowest BCUT2D eigenvalue weighted by molar-refractivity contribution is 0.411. The predicted molar refractivity (Wildman–Crippen MR) is 74.7 cm³/mol. The first-order valence-corrected chi connectivity index (χ1v) is 6.18. The topological polar surface area (TPSA) is 21.3 Å². The Morgan fingerprint density at radius 1 is 0.944 bits per heavy atom. The van der Waals surface area contributed by atoms with Crippen molar-refractivity contribution in [3.63, 3.8) is 0 Å². The molecule has 2 aromatic rings. The molecule has 94 valence electrons. The molecule has 0 saturated heterocycles. The number of nitrogens with one attached hydrogen (secondary N) is 1. The third kappa shape index (κ3) is 3.34. The Kier molecular flexibility index (Phi) is 4.37. The first-order chi connectivity index (χ1) is 8.79. The van der Waals surface area contributed by atoms with E-state index in [4.69, 9.17) is 4.74 Å². The van der Waals surface area contributed by atoms with Gasteiger partial charge in [-0.15, -0.1) is 0 Å². The summed E-state index contributed by atoms with van der Waals surface area (Å²) in [7, 11) is 1.71. The second-order valence-corrected chi connectivity index (χ2v) is 4.39. The molecule has 0 heterocycles. The number of methoxy groups -OCH3 is 1. The molecule has 2 rings (SSSR count). The number of aryl methyl sites for hydroxylation is 1. The average molecular weight is 241 g/mol. The van der Waals surface area contributed by atoms with Crippen molar-refractivity contribution in [1.29, 1.82) is 0 Å². The van der Waals surface area contributed by atoms with Gasteiger partial charge < -0.3 is 10.1 Å². The molecule has 0 fully saturated rings. The van der Waals surface area contributed by atoms with Gasteiger partial charge in [0, 0.05) is 13.1 Å². The minimum absolute atomic E-state index is 0.853. The summed E-state index contributed by atoms with van der Waals surface area (Å²) in [5.74, 6) is 0.953. The lowest BCUT2D eigenvalue weighted by Crippen LogP contribution is -2.12. The Balaban J connectivity index is 1.91. The third-order valence-corrected chi connectivity index (χ3v) is 2.97. The number of benzene rings is 2. The van der Waals surface area contributed by atoms with Crippen LogP contribution in [0.3, 0.4) is 0 Å². The van der Waals surface area contributed by atoms with E-state index in [0.29, 0.717) is 0 Å². The van der Waals surface area contributed by atoms with Gasteiger partial charge in [0.2, 0.25) is 0 Å². The van der Waals surface area contributed by atoms with Gasteiger partial charge in [0.1, 0.15) is 5.75 Å². The molecule has 0 radical (unpaired) electrons. The van der Waals surface area contributed by atoms with Crippen LogP contribution in [0.2, 0.25) is 0 Å². The van der Waals surface area contributed by atoms with Gasteiger partial charge in [0.15, 0.2) is 0 Å². The van der Waals surface area contributed by atoms with Crippen LogP contribution in [-0.4, -0.2) is 7.11 Å². The minimum atomic E-state index is 0.853. The van der Waals surface area contributed by atoms with E-state index in [9.17, 15) is 0 Å². The van der Waals surface area contributed by atoms with Crippen molar-refractivity contribution < 1.29 is 4.74 Å². The Morgan fingerprint density at radius 2 is 1.67 bits per heavy atom. The van der Waals surface area contributed by atoms with Crippen molar-refractivity contribution in [2.75, 3.05) is 7.11 Å². The fourth-order valence-corrected chi connectivity index (χ4v) is 1.92. The maximum atomic E-state index is 5.32. The fourth-order valence-electron chi connectivity index (χ4n) is 1.92. The lowest BCUT2D eigenvalue weighted by atomic mass is 10.1. The fraction of sp³-hybridized carbons (Fsp3) is 0.250. The Hall–Kier alpha value is -1.80. The molecular formula is C16H19NO. The van der Waals surface area contributed by atoms with E-state index in [2.05, 4.69) is 54.7 Å². The van der Waals surface area contributed by atoms with Crippen LogP contribution in [0.5, 0.6) is 5.75 Å². The largest absolute Gasteiger partial charge is 0.496 e. The van der Waals surface area contributed by atoms with Crippen LogP contribution in [0.1, 0.15) is 16.7 Å². The van der Waals surface area contributed by atoms with E-state index in [1.165, 1.54) is 16.7 Å². The Morgan fingerprint density at radius 3 is 2.39 bits per heavy atom. The molecule has 2 heteroatoms. The number of rotatable bonds is 5. The molecule has 0 amide bonds. The molecule has 0 unspecified atom stereocenters. The van der Waals surface area contributed by atoms with E-state index in [1.54, 1.807) is 7.11 Å². The minimum Gasteiger partial charge on any atom is -0.496 e. The summed E-state index contributed by atoms with van der Waals surface area (Å²) in [4.78, 5) is 0. The molecule has 0 spiro atoms. The summed E-state index contributed by atoms with van der Waals surface area (Å²) >= 11 is 0. The van der Waals surface area contributed by atoms with Gasteiger partial charge >= 0.3 is 0 Å². The van der Waals surface area contributed by atoms with Gasteiger partial charge in [-0.2, -0.15) is 0 Å². The van der Waals surface area contributed by atoms with E-state index < -0.39 is 0 Å².